The summed E-state index contributed by atoms with van der Waals surface area (Å²) in [5, 5.41) is 19.8. The van der Waals surface area contributed by atoms with Gasteiger partial charge in [0.15, 0.2) is 11.6 Å². The number of carbonyl (C=O) groups excluding carboxylic acids is 1. The Morgan fingerprint density at radius 2 is 1.92 bits per heavy atom. The lowest BCUT2D eigenvalue weighted by Crippen LogP contribution is -2.27. The second kappa shape index (κ2) is 9.29. The lowest BCUT2D eigenvalue weighted by atomic mass is 10.0. The highest BCUT2D eigenvalue weighted by Gasteiger charge is 2.24. The first-order chi connectivity index (χ1) is 12.0. The molecule has 0 aromatic heterocycles. The van der Waals surface area contributed by atoms with E-state index in [2.05, 4.69) is 12.6 Å². The zero-order valence-corrected chi connectivity index (χ0v) is 14.2. The van der Waals surface area contributed by atoms with Gasteiger partial charge in [-0.25, -0.2) is 4.39 Å². The average Bonchev–Trinajstić information content (AvgIpc) is 2.63. The molecule has 0 bridgehead atoms. The predicted molar refractivity (Wildman–Crippen MR) is 93.3 cm³/mol. The normalized spacial score (nSPS) is 13.1. The number of thiol groups is 1. The second-order valence-electron chi connectivity index (χ2n) is 5.29. The first-order valence-corrected chi connectivity index (χ1v) is 8.29. The Hall–Kier alpha value is -2.25. The number of esters is 1. The maximum atomic E-state index is 13.6. The number of phenols is 1. The van der Waals surface area contributed by atoms with Crippen LogP contribution in [0, 0.1) is 5.82 Å². The lowest BCUT2D eigenvalue weighted by Gasteiger charge is -2.24. The van der Waals surface area contributed by atoms with Crippen molar-refractivity contribution in [3.8, 4) is 11.5 Å². The summed E-state index contributed by atoms with van der Waals surface area (Å²) < 4.78 is 24.3. The zero-order chi connectivity index (χ0) is 18.2. The fraction of sp³-hybridized carbons (Fsp3) is 0.278. The van der Waals surface area contributed by atoms with E-state index in [-0.39, 0.29) is 24.3 Å². The van der Waals surface area contributed by atoms with Gasteiger partial charge in [0.25, 0.3) is 0 Å². The fourth-order valence-electron chi connectivity index (χ4n) is 2.21. The molecule has 5 nitrogen and oxygen atoms in total. The van der Waals surface area contributed by atoms with Crippen LogP contribution in [0.3, 0.4) is 0 Å². The van der Waals surface area contributed by atoms with E-state index in [1.54, 1.807) is 24.3 Å². The number of benzene rings is 2. The summed E-state index contributed by atoms with van der Waals surface area (Å²) >= 11 is 3.82. The lowest BCUT2D eigenvalue weighted by molar-refractivity contribution is -0.141. The van der Waals surface area contributed by atoms with Crippen LogP contribution in [0.2, 0.25) is 0 Å². The summed E-state index contributed by atoms with van der Waals surface area (Å²) in [6.45, 7) is 0.0223. The molecule has 0 amide bonds. The molecule has 0 aliphatic heterocycles. The summed E-state index contributed by atoms with van der Waals surface area (Å²) in [5.41, 5.74) is 0.247. The third kappa shape index (κ3) is 5.65. The number of hydrogen-bond donors (Lipinski definition) is 3. The molecule has 25 heavy (non-hydrogen) atoms. The summed E-state index contributed by atoms with van der Waals surface area (Å²) in [6, 6.07) is 12.4. The Balaban J connectivity index is 2.13. The van der Waals surface area contributed by atoms with Gasteiger partial charge in [-0.05, 0) is 29.8 Å². The van der Waals surface area contributed by atoms with E-state index >= 15 is 0 Å². The Kier molecular flexibility index (Phi) is 7.09. The molecule has 0 spiro atoms. The van der Waals surface area contributed by atoms with Crippen LogP contribution in [-0.2, 0) is 9.53 Å². The smallest absolute Gasteiger partial charge is 0.315 e. The van der Waals surface area contributed by atoms with Crippen LogP contribution >= 0.6 is 12.6 Å². The molecule has 2 N–H and O–H groups in total. The molecule has 0 saturated heterocycles. The van der Waals surface area contributed by atoms with Gasteiger partial charge in [-0.3, -0.25) is 4.79 Å². The molecular formula is C18H19FO5S. The Morgan fingerprint density at radius 3 is 2.56 bits per heavy atom. The van der Waals surface area contributed by atoms with Gasteiger partial charge in [0.1, 0.15) is 18.0 Å². The number of aliphatic hydroxyl groups excluding tert-OH is 1. The zero-order valence-electron chi connectivity index (χ0n) is 13.3. The third-order valence-electron chi connectivity index (χ3n) is 3.49. The Bertz CT molecular complexity index is 695. The Labute approximate surface area is 150 Å². The van der Waals surface area contributed by atoms with Crippen LogP contribution in [0.25, 0.3) is 0 Å². The number of para-hydroxylation sites is 1. The van der Waals surface area contributed by atoms with E-state index in [4.69, 9.17) is 9.47 Å². The van der Waals surface area contributed by atoms with Crippen LogP contribution in [0.15, 0.2) is 48.5 Å². The molecule has 0 aliphatic carbocycles. The minimum atomic E-state index is -1.18. The molecule has 7 heteroatoms. The molecule has 0 unspecified atom stereocenters. The van der Waals surface area contributed by atoms with Crippen molar-refractivity contribution in [2.75, 3.05) is 12.4 Å². The maximum Gasteiger partial charge on any atom is 0.315 e. The van der Waals surface area contributed by atoms with Gasteiger partial charge >= 0.3 is 5.97 Å². The van der Waals surface area contributed by atoms with Crippen molar-refractivity contribution in [3.63, 3.8) is 0 Å². The SMILES string of the molecule is O=C(CS)OCC[C@@H](Oc1ccccc1)[C@H](O)c1ccc(O)c(F)c1. The van der Waals surface area contributed by atoms with Crippen LogP contribution in [0.1, 0.15) is 18.1 Å². The number of hydrogen-bond acceptors (Lipinski definition) is 6. The highest BCUT2D eigenvalue weighted by Crippen LogP contribution is 2.27. The first-order valence-electron chi connectivity index (χ1n) is 7.66. The molecule has 2 atom stereocenters. The minimum absolute atomic E-state index is 0.0223. The van der Waals surface area contributed by atoms with Gasteiger partial charge in [0, 0.05) is 6.42 Å². The molecule has 2 rings (SSSR count). The van der Waals surface area contributed by atoms with Crippen LogP contribution < -0.4 is 4.74 Å². The van der Waals surface area contributed by atoms with E-state index < -0.39 is 29.7 Å². The van der Waals surface area contributed by atoms with E-state index in [0.29, 0.717) is 5.75 Å². The number of aliphatic hydroxyl groups is 1. The van der Waals surface area contributed by atoms with E-state index in [0.717, 1.165) is 12.1 Å². The number of ether oxygens (including phenoxy) is 2. The minimum Gasteiger partial charge on any atom is -0.505 e. The van der Waals surface area contributed by atoms with E-state index in [9.17, 15) is 19.4 Å². The van der Waals surface area contributed by atoms with E-state index in [1.807, 2.05) is 6.07 Å². The van der Waals surface area contributed by atoms with Gasteiger partial charge in [-0.15, -0.1) is 0 Å². The van der Waals surface area contributed by atoms with Gasteiger partial charge in [-0.2, -0.15) is 12.6 Å². The largest absolute Gasteiger partial charge is 0.505 e. The standard InChI is InChI=1S/C18H19FO5S/c19-14-10-12(6-7-15(14)20)18(22)16(8-9-23-17(21)11-25)24-13-4-2-1-3-5-13/h1-7,10,16,18,20,22,25H,8-9,11H2/t16-,18-/m1/s1. The topological polar surface area (TPSA) is 76.0 Å². The second-order valence-corrected chi connectivity index (χ2v) is 5.61. The summed E-state index contributed by atoms with van der Waals surface area (Å²) in [4.78, 5) is 11.2. The van der Waals surface area contributed by atoms with Gasteiger partial charge in [0.2, 0.25) is 0 Å². The highest BCUT2D eigenvalue weighted by molar-refractivity contribution is 7.81. The molecule has 2 aromatic carbocycles. The summed E-state index contributed by atoms with van der Waals surface area (Å²) in [7, 11) is 0. The molecule has 0 radical (unpaired) electrons. The average molecular weight is 366 g/mol. The van der Waals surface area contributed by atoms with Crippen LogP contribution in [-0.4, -0.2) is 34.6 Å². The van der Waals surface area contributed by atoms with Gasteiger partial charge in [0.05, 0.1) is 12.4 Å². The predicted octanol–water partition coefficient (Wildman–Crippen LogP) is 2.88. The van der Waals surface area contributed by atoms with Gasteiger partial charge in [-0.1, -0.05) is 24.3 Å². The van der Waals surface area contributed by atoms with Crippen molar-refractivity contribution in [3.05, 3.63) is 59.9 Å². The number of carbonyl (C=O) groups is 1. The summed E-state index contributed by atoms with van der Waals surface area (Å²) in [6.07, 6.45) is -1.76. The number of rotatable bonds is 8. The molecule has 0 fully saturated rings. The van der Waals surface area contributed by atoms with Crippen molar-refractivity contribution in [2.24, 2.45) is 0 Å². The molecule has 0 aliphatic rings. The molecule has 0 saturated carbocycles. The first kappa shape index (κ1) is 19.1. The van der Waals surface area contributed by atoms with Crippen molar-refractivity contribution in [2.45, 2.75) is 18.6 Å². The molecule has 134 valence electrons. The molecule has 2 aromatic rings. The van der Waals surface area contributed by atoms with Crippen molar-refractivity contribution in [1.29, 1.82) is 0 Å². The fourth-order valence-corrected chi connectivity index (χ4v) is 2.30. The molecule has 0 heterocycles. The monoisotopic (exact) mass is 366 g/mol. The number of phenolic OH excluding ortho intramolecular Hbond substituents is 1. The van der Waals surface area contributed by atoms with Crippen LogP contribution in [0.5, 0.6) is 11.5 Å². The van der Waals surface area contributed by atoms with Crippen molar-refractivity contribution < 1.29 is 28.9 Å². The molecular weight excluding hydrogens is 347 g/mol. The summed E-state index contributed by atoms with van der Waals surface area (Å²) in [5.74, 6) is -1.34. The quantitative estimate of drug-likeness (QED) is 0.495. The Morgan fingerprint density at radius 1 is 1.20 bits per heavy atom. The highest BCUT2D eigenvalue weighted by atomic mass is 32.1. The van der Waals surface area contributed by atoms with E-state index in [1.165, 1.54) is 6.07 Å². The maximum absolute atomic E-state index is 13.6. The number of aromatic hydroxyl groups is 1. The third-order valence-corrected chi connectivity index (χ3v) is 3.75. The van der Waals surface area contributed by atoms with Gasteiger partial charge < -0.3 is 19.7 Å². The van der Waals surface area contributed by atoms with Crippen molar-refractivity contribution in [1.82, 2.24) is 0 Å². The van der Waals surface area contributed by atoms with Crippen LogP contribution in [0.4, 0.5) is 4.39 Å². The number of halogens is 1. The van der Waals surface area contributed by atoms with Crippen molar-refractivity contribution >= 4 is 18.6 Å².